The molecule has 1 aromatic heterocycles. The minimum Gasteiger partial charge on any atom is -0.496 e. The van der Waals surface area contributed by atoms with Gasteiger partial charge in [-0.05, 0) is 42.2 Å². The molecule has 0 spiro atoms. The molecule has 1 N–H and O–H groups in total. The molecule has 2 aromatic carbocycles. The number of nitriles is 1. The number of nitrogens with one attached hydrogen (secondary N) is 1. The summed E-state index contributed by atoms with van der Waals surface area (Å²) in [6, 6.07) is 14.2. The van der Waals surface area contributed by atoms with Gasteiger partial charge in [0.2, 0.25) is 0 Å². The number of hydrogen-bond donors (Lipinski definition) is 1. The molecule has 0 aliphatic heterocycles. The number of pyridine rings is 1. The minimum atomic E-state index is -0.477. The van der Waals surface area contributed by atoms with Gasteiger partial charge in [0.1, 0.15) is 11.6 Å². The number of nitro groups is 1. The van der Waals surface area contributed by atoms with Crippen molar-refractivity contribution in [3.05, 3.63) is 69.3 Å². The van der Waals surface area contributed by atoms with Crippen LogP contribution in [0.15, 0.2) is 42.5 Å². The van der Waals surface area contributed by atoms with Gasteiger partial charge in [-0.25, -0.2) is 4.98 Å². The molecule has 0 amide bonds. The number of aromatic nitrogens is 1. The zero-order valence-electron chi connectivity index (χ0n) is 14.6. The van der Waals surface area contributed by atoms with E-state index in [0.717, 1.165) is 18.6 Å². The summed E-state index contributed by atoms with van der Waals surface area (Å²) in [6.07, 6.45) is 1.81. The Labute approximate surface area is 155 Å². The summed E-state index contributed by atoms with van der Waals surface area (Å²) in [6.45, 7) is 0. The molecule has 7 heteroatoms. The zero-order chi connectivity index (χ0) is 19.0. The smallest absolute Gasteiger partial charge is 0.270 e. The molecule has 134 valence electrons. The van der Waals surface area contributed by atoms with Crippen molar-refractivity contribution in [3.63, 3.8) is 0 Å². The Bertz CT molecular complexity index is 1100. The van der Waals surface area contributed by atoms with Crippen LogP contribution in [0.2, 0.25) is 0 Å². The van der Waals surface area contributed by atoms with E-state index >= 15 is 0 Å². The monoisotopic (exact) mass is 360 g/mol. The summed E-state index contributed by atoms with van der Waals surface area (Å²) in [5.41, 5.74) is 3.20. The maximum Gasteiger partial charge on any atom is 0.270 e. The van der Waals surface area contributed by atoms with Crippen LogP contribution in [0.3, 0.4) is 0 Å². The average Bonchev–Trinajstić information content (AvgIpc) is 3.09. The number of hydrogen-bond acceptors (Lipinski definition) is 6. The third-order valence-electron chi connectivity index (χ3n) is 4.89. The molecule has 1 atom stereocenters. The van der Waals surface area contributed by atoms with Gasteiger partial charge >= 0.3 is 0 Å². The molecule has 0 bridgehead atoms. The second-order valence-electron chi connectivity index (χ2n) is 6.39. The summed E-state index contributed by atoms with van der Waals surface area (Å²) in [5, 5.41) is 24.4. The number of nitrogens with zero attached hydrogens (tertiary/aromatic N) is 3. The van der Waals surface area contributed by atoms with E-state index in [2.05, 4.69) is 22.4 Å². The Balaban J connectivity index is 1.71. The lowest BCUT2D eigenvalue weighted by atomic mass is 10.1. The molecular formula is C20H16N4O3. The molecule has 4 rings (SSSR count). The lowest BCUT2D eigenvalue weighted by molar-refractivity contribution is -0.384. The van der Waals surface area contributed by atoms with Crippen molar-refractivity contribution in [1.82, 2.24) is 4.98 Å². The molecule has 0 fully saturated rings. The number of methoxy groups -OCH3 is 1. The van der Waals surface area contributed by atoms with Gasteiger partial charge in [0, 0.05) is 17.5 Å². The van der Waals surface area contributed by atoms with Crippen molar-refractivity contribution in [3.8, 4) is 11.8 Å². The maximum atomic E-state index is 11.0. The van der Waals surface area contributed by atoms with Crippen molar-refractivity contribution in [2.75, 3.05) is 12.4 Å². The van der Waals surface area contributed by atoms with Gasteiger partial charge in [-0.2, -0.15) is 5.26 Å². The quantitative estimate of drug-likeness (QED) is 0.555. The fourth-order valence-electron chi connectivity index (χ4n) is 3.63. The van der Waals surface area contributed by atoms with Gasteiger partial charge in [-0.15, -0.1) is 0 Å². The van der Waals surface area contributed by atoms with Crippen LogP contribution in [0.4, 0.5) is 11.5 Å². The highest BCUT2D eigenvalue weighted by Crippen LogP contribution is 2.38. The third kappa shape index (κ3) is 2.91. The first kappa shape index (κ1) is 16.8. The van der Waals surface area contributed by atoms with E-state index in [-0.39, 0.29) is 11.7 Å². The van der Waals surface area contributed by atoms with Crippen molar-refractivity contribution < 1.29 is 9.66 Å². The highest BCUT2D eigenvalue weighted by molar-refractivity contribution is 5.88. The number of non-ortho nitro benzene ring substituents is 1. The highest BCUT2D eigenvalue weighted by Gasteiger charge is 2.25. The Hall–Kier alpha value is -3.66. The molecule has 0 saturated heterocycles. The van der Waals surface area contributed by atoms with Gasteiger partial charge in [0.25, 0.3) is 5.69 Å². The number of rotatable bonds is 4. The topological polar surface area (TPSA) is 101 Å². The number of nitro benzene ring substituents is 1. The first-order valence-corrected chi connectivity index (χ1v) is 8.52. The molecule has 7 nitrogen and oxygen atoms in total. The normalized spacial score (nSPS) is 15.2. The minimum absolute atomic E-state index is 0.0571. The van der Waals surface area contributed by atoms with E-state index in [4.69, 9.17) is 4.74 Å². The van der Waals surface area contributed by atoms with Crippen LogP contribution in [0.1, 0.15) is 29.2 Å². The molecule has 3 aromatic rings. The number of fused-ring (bicyclic) bond motifs is 2. The fraction of sp³-hybridized carbons (Fsp3) is 0.200. The predicted molar refractivity (Wildman–Crippen MR) is 101 cm³/mol. The summed E-state index contributed by atoms with van der Waals surface area (Å²) < 4.78 is 5.44. The van der Waals surface area contributed by atoms with Crippen molar-refractivity contribution in [2.45, 2.75) is 18.9 Å². The predicted octanol–water partition coefficient (Wildman–Crippen LogP) is 4.12. The van der Waals surface area contributed by atoms with Crippen LogP contribution in [-0.2, 0) is 6.42 Å². The van der Waals surface area contributed by atoms with E-state index in [9.17, 15) is 15.4 Å². The van der Waals surface area contributed by atoms with Gasteiger partial charge in [0.05, 0.1) is 35.2 Å². The Morgan fingerprint density at radius 1 is 1.33 bits per heavy atom. The van der Waals surface area contributed by atoms with E-state index in [1.54, 1.807) is 19.2 Å². The fourth-order valence-corrected chi connectivity index (χ4v) is 3.63. The van der Waals surface area contributed by atoms with Crippen LogP contribution in [0, 0.1) is 21.4 Å². The van der Waals surface area contributed by atoms with E-state index in [1.165, 1.54) is 23.3 Å². The van der Waals surface area contributed by atoms with E-state index < -0.39 is 4.92 Å². The zero-order valence-corrected chi connectivity index (χ0v) is 14.6. The molecule has 1 aliphatic carbocycles. The molecule has 1 unspecified atom stereocenters. The van der Waals surface area contributed by atoms with Crippen LogP contribution >= 0.6 is 0 Å². The number of ether oxygens (including phenoxy) is 1. The van der Waals surface area contributed by atoms with Crippen LogP contribution in [0.25, 0.3) is 10.9 Å². The van der Waals surface area contributed by atoms with Crippen molar-refractivity contribution >= 4 is 22.4 Å². The van der Waals surface area contributed by atoms with Crippen LogP contribution in [-0.4, -0.2) is 17.0 Å². The molecule has 0 radical (unpaired) electrons. The van der Waals surface area contributed by atoms with E-state index in [1.807, 2.05) is 12.1 Å². The highest BCUT2D eigenvalue weighted by atomic mass is 16.6. The Kier molecular flexibility index (Phi) is 4.09. The largest absolute Gasteiger partial charge is 0.496 e. The molecule has 1 heterocycles. The van der Waals surface area contributed by atoms with E-state index in [0.29, 0.717) is 22.3 Å². The maximum absolute atomic E-state index is 11.0. The molecular weight excluding hydrogens is 344 g/mol. The number of benzene rings is 2. The second-order valence-corrected chi connectivity index (χ2v) is 6.39. The van der Waals surface area contributed by atoms with Gasteiger partial charge in [-0.1, -0.05) is 12.1 Å². The van der Waals surface area contributed by atoms with Crippen molar-refractivity contribution in [1.29, 1.82) is 5.26 Å². The first-order chi connectivity index (χ1) is 13.1. The summed E-state index contributed by atoms with van der Waals surface area (Å²) in [7, 11) is 1.67. The Morgan fingerprint density at radius 2 is 2.19 bits per heavy atom. The second kappa shape index (κ2) is 6.57. The van der Waals surface area contributed by atoms with Crippen LogP contribution < -0.4 is 10.1 Å². The lowest BCUT2D eigenvalue weighted by Gasteiger charge is -2.16. The van der Waals surface area contributed by atoms with Gasteiger partial charge in [0.15, 0.2) is 0 Å². The third-order valence-corrected chi connectivity index (χ3v) is 4.89. The summed E-state index contributed by atoms with van der Waals surface area (Å²) in [5.74, 6) is 1.46. The molecule has 1 aliphatic rings. The average molecular weight is 360 g/mol. The Morgan fingerprint density at radius 3 is 2.93 bits per heavy atom. The van der Waals surface area contributed by atoms with Crippen LogP contribution in [0.5, 0.6) is 5.75 Å². The first-order valence-electron chi connectivity index (χ1n) is 8.52. The van der Waals surface area contributed by atoms with Gasteiger partial charge in [-0.3, -0.25) is 10.1 Å². The SMILES string of the molecule is COc1cccc2c1CCC2Nc1cc(C#N)c2cc([N+](=O)[O-])ccc2n1. The van der Waals surface area contributed by atoms with Crippen molar-refractivity contribution in [2.24, 2.45) is 0 Å². The number of anilines is 1. The summed E-state index contributed by atoms with van der Waals surface area (Å²) in [4.78, 5) is 15.1. The summed E-state index contributed by atoms with van der Waals surface area (Å²) >= 11 is 0. The lowest BCUT2D eigenvalue weighted by Crippen LogP contribution is -2.09. The van der Waals surface area contributed by atoms with Gasteiger partial charge < -0.3 is 10.1 Å². The standard InChI is InChI=1S/C20H16N4O3/c1-27-19-4-2-3-14-15(19)6-8-17(14)22-20-9-12(11-21)16-10-13(24(25)26)5-7-18(16)23-20/h2-5,7,9-10,17H,6,8H2,1H3,(H,22,23). The molecule has 0 saturated carbocycles. The molecule has 27 heavy (non-hydrogen) atoms.